The molecule has 3 aromatic rings. The Bertz CT molecular complexity index is 1430. The van der Waals surface area contributed by atoms with Gasteiger partial charge in [-0.2, -0.15) is 0 Å². The van der Waals surface area contributed by atoms with Crippen LogP contribution in [-0.4, -0.2) is 50.9 Å². The van der Waals surface area contributed by atoms with Crippen LogP contribution in [0.3, 0.4) is 0 Å². The van der Waals surface area contributed by atoms with Gasteiger partial charge in [-0.15, -0.1) is 0 Å². The largest absolute Gasteiger partial charge is 0.497 e. The van der Waals surface area contributed by atoms with Crippen LogP contribution in [0, 0.1) is 0 Å². The molecule has 11 heteroatoms. The highest BCUT2D eigenvalue weighted by molar-refractivity contribution is 7.92. The van der Waals surface area contributed by atoms with E-state index in [9.17, 15) is 18.0 Å². The molecule has 0 heterocycles. The SMILES string of the molecule is CCC(C)NC(=O)C(C)N(Cc1cccc(OC)c1)C(=O)CN(c1cccc(Cl)c1)S(=O)(=O)c1ccc(Cl)cc1. The van der Waals surface area contributed by atoms with Gasteiger partial charge in [-0.3, -0.25) is 13.9 Å². The highest BCUT2D eigenvalue weighted by Gasteiger charge is 2.33. The second-order valence-corrected chi connectivity index (χ2v) is 12.0. The molecular formula is C29H33Cl2N3O5S. The van der Waals surface area contributed by atoms with Crippen molar-refractivity contribution in [2.24, 2.45) is 0 Å². The molecular weight excluding hydrogens is 573 g/mol. The number of sulfonamides is 1. The Kier molecular flexibility index (Phi) is 10.8. The van der Waals surface area contributed by atoms with E-state index in [-0.39, 0.29) is 29.1 Å². The smallest absolute Gasteiger partial charge is 0.264 e. The first-order chi connectivity index (χ1) is 19.0. The normalized spacial score (nSPS) is 12.8. The lowest BCUT2D eigenvalue weighted by Gasteiger charge is -2.32. The number of nitrogens with zero attached hydrogens (tertiary/aromatic N) is 2. The van der Waals surface area contributed by atoms with E-state index in [4.69, 9.17) is 27.9 Å². The number of halogens is 2. The van der Waals surface area contributed by atoms with E-state index in [0.717, 1.165) is 4.31 Å². The topological polar surface area (TPSA) is 96.0 Å². The van der Waals surface area contributed by atoms with Gasteiger partial charge in [0.05, 0.1) is 17.7 Å². The minimum absolute atomic E-state index is 0.0495. The maximum atomic E-state index is 14.0. The summed E-state index contributed by atoms with van der Waals surface area (Å²) in [6.45, 7) is 4.91. The second kappa shape index (κ2) is 13.9. The number of hydrogen-bond donors (Lipinski definition) is 1. The lowest BCUT2D eigenvalue weighted by molar-refractivity contribution is -0.139. The molecule has 0 aliphatic carbocycles. The Balaban J connectivity index is 2.03. The quantitative estimate of drug-likeness (QED) is 0.293. The molecule has 0 bridgehead atoms. The minimum Gasteiger partial charge on any atom is -0.497 e. The molecule has 2 amide bonds. The van der Waals surface area contributed by atoms with Gasteiger partial charge in [0, 0.05) is 22.6 Å². The zero-order valence-corrected chi connectivity index (χ0v) is 25.1. The molecule has 2 unspecified atom stereocenters. The molecule has 3 rings (SSSR count). The van der Waals surface area contributed by atoms with Crippen LogP contribution < -0.4 is 14.4 Å². The molecule has 214 valence electrons. The van der Waals surface area contributed by atoms with Crippen molar-refractivity contribution in [2.75, 3.05) is 18.0 Å². The number of methoxy groups -OCH3 is 1. The summed E-state index contributed by atoms with van der Waals surface area (Å²) >= 11 is 12.2. The summed E-state index contributed by atoms with van der Waals surface area (Å²) in [6, 6.07) is 18.0. The molecule has 0 aromatic heterocycles. The molecule has 0 spiro atoms. The van der Waals surface area contributed by atoms with Crippen LogP contribution >= 0.6 is 23.2 Å². The number of benzene rings is 3. The summed E-state index contributed by atoms with van der Waals surface area (Å²) in [7, 11) is -2.68. The van der Waals surface area contributed by atoms with Crippen molar-refractivity contribution < 1.29 is 22.7 Å². The van der Waals surface area contributed by atoms with Gasteiger partial charge in [0.2, 0.25) is 11.8 Å². The molecule has 0 saturated carbocycles. The first-order valence-electron chi connectivity index (χ1n) is 12.7. The third kappa shape index (κ3) is 7.90. The monoisotopic (exact) mass is 605 g/mol. The number of nitrogens with one attached hydrogen (secondary N) is 1. The number of carbonyl (C=O) groups excluding carboxylic acids is 2. The maximum Gasteiger partial charge on any atom is 0.264 e. The molecule has 40 heavy (non-hydrogen) atoms. The Morgan fingerprint density at radius 3 is 2.25 bits per heavy atom. The Labute approximate surface area is 245 Å². The molecule has 3 aromatic carbocycles. The van der Waals surface area contributed by atoms with Crippen LogP contribution in [0.4, 0.5) is 5.69 Å². The van der Waals surface area contributed by atoms with E-state index in [1.807, 2.05) is 13.8 Å². The lowest BCUT2D eigenvalue weighted by Crippen LogP contribution is -2.52. The Morgan fingerprint density at radius 1 is 0.950 bits per heavy atom. The van der Waals surface area contributed by atoms with Gasteiger partial charge in [-0.1, -0.05) is 48.3 Å². The maximum absolute atomic E-state index is 14.0. The summed E-state index contributed by atoms with van der Waals surface area (Å²) < 4.78 is 33.9. The summed E-state index contributed by atoms with van der Waals surface area (Å²) in [6.07, 6.45) is 0.712. The highest BCUT2D eigenvalue weighted by Crippen LogP contribution is 2.27. The molecule has 0 fully saturated rings. The molecule has 2 atom stereocenters. The molecule has 1 N–H and O–H groups in total. The number of hydrogen-bond acceptors (Lipinski definition) is 5. The first kappa shape index (κ1) is 31.3. The van der Waals surface area contributed by atoms with Gasteiger partial charge in [0.15, 0.2) is 0 Å². The van der Waals surface area contributed by atoms with Gasteiger partial charge in [0.1, 0.15) is 18.3 Å². The van der Waals surface area contributed by atoms with Gasteiger partial charge >= 0.3 is 0 Å². The zero-order valence-electron chi connectivity index (χ0n) is 22.8. The molecule has 0 aliphatic rings. The average molecular weight is 607 g/mol. The third-order valence-corrected chi connectivity index (χ3v) is 8.71. The fourth-order valence-electron chi connectivity index (χ4n) is 3.91. The van der Waals surface area contributed by atoms with Crippen molar-refractivity contribution in [1.29, 1.82) is 0 Å². The third-order valence-electron chi connectivity index (χ3n) is 6.43. The van der Waals surface area contributed by atoms with Crippen LogP contribution in [0.25, 0.3) is 0 Å². The predicted molar refractivity (Wildman–Crippen MR) is 158 cm³/mol. The number of amides is 2. The van der Waals surface area contributed by atoms with Crippen molar-refractivity contribution in [3.63, 3.8) is 0 Å². The van der Waals surface area contributed by atoms with E-state index in [1.54, 1.807) is 49.4 Å². The van der Waals surface area contributed by atoms with Gasteiger partial charge in [-0.05, 0) is 80.4 Å². The van der Waals surface area contributed by atoms with E-state index >= 15 is 0 Å². The highest BCUT2D eigenvalue weighted by atomic mass is 35.5. The molecule has 8 nitrogen and oxygen atoms in total. The van der Waals surface area contributed by atoms with Crippen molar-refractivity contribution in [1.82, 2.24) is 10.2 Å². The van der Waals surface area contributed by atoms with Crippen LogP contribution in [0.15, 0.2) is 77.7 Å². The van der Waals surface area contributed by atoms with E-state index in [0.29, 0.717) is 27.8 Å². The summed E-state index contributed by atoms with van der Waals surface area (Å²) in [4.78, 5) is 28.4. The number of carbonyl (C=O) groups is 2. The van der Waals surface area contributed by atoms with Crippen LogP contribution in [-0.2, 0) is 26.2 Å². The molecule has 0 aliphatic heterocycles. The summed E-state index contributed by atoms with van der Waals surface area (Å²) in [5.74, 6) is -0.333. The standard InChI is InChI=1S/C29H33Cl2N3O5S/c1-5-20(2)32-29(36)21(3)33(18-22-8-6-11-26(16-22)39-4)28(35)19-34(25-10-7-9-24(31)17-25)40(37,38)27-14-12-23(30)13-15-27/h6-17,20-21H,5,18-19H2,1-4H3,(H,32,36). The van der Waals surface area contributed by atoms with Gasteiger partial charge in [0.25, 0.3) is 10.0 Å². The second-order valence-electron chi connectivity index (χ2n) is 9.31. The van der Waals surface area contributed by atoms with E-state index < -0.39 is 28.5 Å². The minimum atomic E-state index is -4.22. The van der Waals surface area contributed by atoms with Crippen molar-refractivity contribution in [3.8, 4) is 5.75 Å². The predicted octanol–water partition coefficient (Wildman–Crippen LogP) is 5.53. The van der Waals surface area contributed by atoms with Gasteiger partial charge < -0.3 is 15.0 Å². The van der Waals surface area contributed by atoms with Gasteiger partial charge in [-0.25, -0.2) is 8.42 Å². The Morgan fingerprint density at radius 2 is 1.62 bits per heavy atom. The summed E-state index contributed by atoms with van der Waals surface area (Å²) in [5.41, 5.74) is 0.916. The fraction of sp³-hybridized carbons (Fsp3) is 0.310. The van der Waals surface area contributed by atoms with Crippen LogP contribution in [0.5, 0.6) is 5.75 Å². The first-order valence-corrected chi connectivity index (χ1v) is 14.9. The number of rotatable bonds is 12. The Hall–Kier alpha value is -3.27. The summed E-state index contributed by atoms with van der Waals surface area (Å²) in [5, 5.41) is 3.58. The number of ether oxygens (including phenoxy) is 1. The van der Waals surface area contributed by atoms with Crippen molar-refractivity contribution in [3.05, 3.63) is 88.4 Å². The van der Waals surface area contributed by atoms with Crippen molar-refractivity contribution in [2.45, 2.75) is 50.7 Å². The lowest BCUT2D eigenvalue weighted by atomic mass is 10.1. The van der Waals surface area contributed by atoms with E-state index in [1.165, 1.54) is 42.3 Å². The fourth-order valence-corrected chi connectivity index (χ4v) is 5.63. The van der Waals surface area contributed by atoms with Crippen LogP contribution in [0.2, 0.25) is 10.0 Å². The van der Waals surface area contributed by atoms with Crippen LogP contribution in [0.1, 0.15) is 32.8 Å². The molecule has 0 radical (unpaired) electrons. The van der Waals surface area contributed by atoms with E-state index in [2.05, 4.69) is 5.32 Å². The zero-order chi connectivity index (χ0) is 29.4. The average Bonchev–Trinajstić information content (AvgIpc) is 2.94. The van der Waals surface area contributed by atoms with Crippen molar-refractivity contribution >= 4 is 50.7 Å². The molecule has 0 saturated heterocycles. The number of anilines is 1.